The molecule has 0 aliphatic heterocycles. The van der Waals surface area contributed by atoms with Crippen molar-refractivity contribution in [2.24, 2.45) is 0 Å². The van der Waals surface area contributed by atoms with Crippen LogP contribution >= 0.6 is 31.9 Å². The summed E-state index contributed by atoms with van der Waals surface area (Å²) >= 11 is 6.69. The predicted octanol–water partition coefficient (Wildman–Crippen LogP) is 4.48. The van der Waals surface area contributed by atoms with E-state index in [9.17, 15) is 9.90 Å². The molecule has 3 nitrogen and oxygen atoms in total. The molecule has 0 unspecified atom stereocenters. The van der Waals surface area contributed by atoms with Crippen molar-refractivity contribution in [3.63, 3.8) is 0 Å². The van der Waals surface area contributed by atoms with Gasteiger partial charge in [0.2, 0.25) is 0 Å². The van der Waals surface area contributed by atoms with Crippen LogP contribution in [0.1, 0.15) is 15.9 Å². The molecular weight excluding hydrogens is 374 g/mol. The van der Waals surface area contributed by atoms with Crippen LogP contribution in [0.2, 0.25) is 0 Å². The Morgan fingerprint density at radius 3 is 2.42 bits per heavy atom. The first-order valence-corrected chi connectivity index (χ1v) is 7.12. The summed E-state index contributed by atoms with van der Waals surface area (Å²) in [5, 5.41) is 12.4. The van der Waals surface area contributed by atoms with Crippen molar-refractivity contribution in [3.8, 4) is 5.75 Å². The molecule has 0 spiro atoms. The van der Waals surface area contributed by atoms with Gasteiger partial charge in [-0.2, -0.15) is 0 Å². The third-order valence-corrected chi connectivity index (χ3v) is 3.59. The summed E-state index contributed by atoms with van der Waals surface area (Å²) in [6.45, 7) is 1.75. The number of anilines is 1. The number of rotatable bonds is 2. The predicted molar refractivity (Wildman–Crippen MR) is 82.6 cm³/mol. The van der Waals surface area contributed by atoms with E-state index in [2.05, 4.69) is 37.2 Å². The van der Waals surface area contributed by atoms with E-state index in [0.29, 0.717) is 16.8 Å². The fourth-order valence-corrected chi connectivity index (χ4v) is 2.93. The molecule has 2 N–H and O–H groups in total. The molecule has 0 aromatic heterocycles. The minimum atomic E-state index is -0.226. The molecule has 1 amide bonds. The highest BCUT2D eigenvalue weighted by Crippen LogP contribution is 2.25. The minimum absolute atomic E-state index is 0.160. The molecule has 0 saturated heterocycles. The maximum absolute atomic E-state index is 12.1. The van der Waals surface area contributed by atoms with E-state index in [1.807, 2.05) is 6.07 Å². The van der Waals surface area contributed by atoms with Crippen LogP contribution < -0.4 is 5.32 Å². The third kappa shape index (κ3) is 3.36. The summed E-state index contributed by atoms with van der Waals surface area (Å²) in [7, 11) is 0. The van der Waals surface area contributed by atoms with Gasteiger partial charge in [-0.25, -0.2) is 0 Å². The van der Waals surface area contributed by atoms with Crippen molar-refractivity contribution in [1.29, 1.82) is 0 Å². The number of hydrogen-bond acceptors (Lipinski definition) is 2. The number of amides is 1. The lowest BCUT2D eigenvalue weighted by Crippen LogP contribution is -2.12. The van der Waals surface area contributed by atoms with Gasteiger partial charge >= 0.3 is 0 Å². The molecule has 98 valence electrons. The number of phenols is 1. The topological polar surface area (TPSA) is 49.3 Å². The second kappa shape index (κ2) is 5.75. The Bertz CT molecular complexity index is 621. The number of carbonyl (C=O) groups excluding carboxylic acids is 1. The fraction of sp³-hybridized carbons (Fsp3) is 0.0714. The molecule has 2 aromatic rings. The summed E-state index contributed by atoms with van der Waals surface area (Å²) in [6.07, 6.45) is 0. The van der Waals surface area contributed by atoms with E-state index in [-0.39, 0.29) is 11.7 Å². The van der Waals surface area contributed by atoms with Crippen molar-refractivity contribution < 1.29 is 9.90 Å². The Labute approximate surface area is 127 Å². The maximum atomic E-state index is 12.1. The van der Waals surface area contributed by atoms with Crippen molar-refractivity contribution in [2.75, 3.05) is 5.32 Å². The van der Waals surface area contributed by atoms with Crippen LogP contribution in [-0.2, 0) is 0 Å². The fourth-order valence-electron chi connectivity index (χ4n) is 1.64. The van der Waals surface area contributed by atoms with Gasteiger partial charge in [0.25, 0.3) is 5.91 Å². The first kappa shape index (κ1) is 14.1. The summed E-state index contributed by atoms with van der Waals surface area (Å²) < 4.78 is 1.64. The lowest BCUT2D eigenvalue weighted by molar-refractivity contribution is 0.102. The smallest absolute Gasteiger partial charge is 0.255 e. The van der Waals surface area contributed by atoms with Crippen molar-refractivity contribution in [1.82, 2.24) is 0 Å². The number of hydrogen-bond donors (Lipinski definition) is 2. The molecule has 0 aliphatic carbocycles. The van der Waals surface area contributed by atoms with Gasteiger partial charge in [0, 0.05) is 25.8 Å². The molecule has 2 aromatic carbocycles. The third-order valence-electron chi connectivity index (χ3n) is 2.68. The molecule has 0 saturated carbocycles. The average molecular weight is 385 g/mol. The Kier molecular flexibility index (Phi) is 4.27. The molecule has 5 heteroatoms. The standard InChI is InChI=1S/C14H11Br2NO2/c1-8-12(3-2-4-13(8)18)17-14(19)9-5-10(15)7-11(16)6-9/h2-7,18H,1H3,(H,17,19). The largest absolute Gasteiger partial charge is 0.508 e. The number of halogens is 2. The summed E-state index contributed by atoms with van der Waals surface area (Å²) in [5.74, 6) is -0.0658. The van der Waals surface area contributed by atoms with Crippen LogP contribution in [0.3, 0.4) is 0 Å². The van der Waals surface area contributed by atoms with Gasteiger partial charge in [-0.3, -0.25) is 4.79 Å². The molecular formula is C14H11Br2NO2. The molecule has 0 heterocycles. The van der Waals surface area contributed by atoms with E-state index < -0.39 is 0 Å². The Hall–Kier alpha value is -1.33. The number of phenolic OH excluding ortho intramolecular Hbond substituents is 1. The van der Waals surface area contributed by atoms with Gasteiger partial charge in [0.1, 0.15) is 5.75 Å². The van der Waals surface area contributed by atoms with Crippen LogP contribution in [-0.4, -0.2) is 11.0 Å². The van der Waals surface area contributed by atoms with E-state index >= 15 is 0 Å². The lowest BCUT2D eigenvalue weighted by Gasteiger charge is -2.10. The Balaban J connectivity index is 2.28. The molecule has 0 fully saturated rings. The van der Waals surface area contributed by atoms with Gasteiger partial charge in [0.05, 0.1) is 0 Å². The van der Waals surface area contributed by atoms with E-state index in [1.165, 1.54) is 0 Å². The molecule has 0 aliphatic rings. The lowest BCUT2D eigenvalue weighted by atomic mass is 10.1. The zero-order valence-electron chi connectivity index (χ0n) is 10.1. The van der Waals surface area contributed by atoms with Gasteiger partial charge in [0.15, 0.2) is 0 Å². The van der Waals surface area contributed by atoms with Gasteiger partial charge in [-0.05, 0) is 37.3 Å². The summed E-state index contributed by atoms with van der Waals surface area (Å²) in [5.41, 5.74) is 1.77. The molecule has 2 rings (SSSR count). The quantitative estimate of drug-likeness (QED) is 0.801. The number of benzene rings is 2. The van der Waals surface area contributed by atoms with Crippen LogP contribution in [0.4, 0.5) is 5.69 Å². The molecule has 0 radical (unpaired) electrons. The van der Waals surface area contributed by atoms with Crippen LogP contribution in [0.25, 0.3) is 0 Å². The number of aromatic hydroxyl groups is 1. The Morgan fingerprint density at radius 2 is 1.79 bits per heavy atom. The minimum Gasteiger partial charge on any atom is -0.508 e. The van der Waals surface area contributed by atoms with Gasteiger partial charge in [-0.1, -0.05) is 37.9 Å². The van der Waals surface area contributed by atoms with Crippen molar-refractivity contribution in [2.45, 2.75) is 6.92 Å². The van der Waals surface area contributed by atoms with Gasteiger partial charge < -0.3 is 10.4 Å². The first-order valence-electron chi connectivity index (χ1n) is 5.53. The second-order valence-electron chi connectivity index (χ2n) is 4.06. The van der Waals surface area contributed by atoms with E-state index in [0.717, 1.165) is 8.95 Å². The van der Waals surface area contributed by atoms with Crippen molar-refractivity contribution in [3.05, 3.63) is 56.5 Å². The van der Waals surface area contributed by atoms with Crippen LogP contribution in [0, 0.1) is 6.92 Å². The molecule has 0 atom stereocenters. The highest BCUT2D eigenvalue weighted by molar-refractivity contribution is 9.11. The van der Waals surface area contributed by atoms with Crippen LogP contribution in [0.15, 0.2) is 45.3 Å². The molecule has 19 heavy (non-hydrogen) atoms. The average Bonchev–Trinajstić information content (AvgIpc) is 2.33. The number of carbonyl (C=O) groups is 1. The maximum Gasteiger partial charge on any atom is 0.255 e. The summed E-state index contributed by atoms with van der Waals surface area (Å²) in [6, 6.07) is 10.3. The SMILES string of the molecule is Cc1c(O)cccc1NC(=O)c1cc(Br)cc(Br)c1. The zero-order chi connectivity index (χ0) is 14.0. The first-order chi connectivity index (χ1) is 8.97. The zero-order valence-corrected chi connectivity index (χ0v) is 13.2. The Morgan fingerprint density at radius 1 is 1.16 bits per heavy atom. The second-order valence-corrected chi connectivity index (χ2v) is 5.89. The van der Waals surface area contributed by atoms with E-state index in [1.54, 1.807) is 37.3 Å². The highest BCUT2D eigenvalue weighted by atomic mass is 79.9. The summed E-state index contributed by atoms with van der Waals surface area (Å²) in [4.78, 5) is 12.1. The monoisotopic (exact) mass is 383 g/mol. The number of nitrogens with one attached hydrogen (secondary N) is 1. The molecule has 0 bridgehead atoms. The van der Waals surface area contributed by atoms with Crippen molar-refractivity contribution >= 4 is 43.5 Å². The normalized spacial score (nSPS) is 10.3. The van der Waals surface area contributed by atoms with Crippen LogP contribution in [0.5, 0.6) is 5.75 Å². The van der Waals surface area contributed by atoms with Gasteiger partial charge in [-0.15, -0.1) is 0 Å². The van der Waals surface area contributed by atoms with E-state index in [4.69, 9.17) is 0 Å². The highest BCUT2D eigenvalue weighted by Gasteiger charge is 2.10.